The van der Waals surface area contributed by atoms with Crippen molar-refractivity contribution in [3.05, 3.63) is 45.4 Å². The van der Waals surface area contributed by atoms with E-state index in [0.29, 0.717) is 12.2 Å². The van der Waals surface area contributed by atoms with Crippen LogP contribution in [-0.4, -0.2) is 40.4 Å². The molecule has 0 unspecified atom stereocenters. The number of hydrogen-bond acceptors (Lipinski definition) is 6. The maximum Gasteiger partial charge on any atom is 0.275 e. The summed E-state index contributed by atoms with van der Waals surface area (Å²) in [5.74, 6) is 2.21. The minimum Gasteiger partial charge on any atom is -0.325 e. The Balaban J connectivity index is 1.70. The molecule has 1 aliphatic heterocycles. The number of nitrogens with two attached hydrogens (primary N) is 1. The van der Waals surface area contributed by atoms with Crippen LogP contribution in [0.5, 0.6) is 0 Å². The van der Waals surface area contributed by atoms with E-state index in [-0.39, 0.29) is 5.91 Å². The number of anilines is 1. The molecule has 0 atom stereocenters. The van der Waals surface area contributed by atoms with Gasteiger partial charge in [-0.1, -0.05) is 12.1 Å². The highest BCUT2D eigenvalue weighted by Crippen LogP contribution is 2.21. The first-order chi connectivity index (χ1) is 11.7. The molecule has 7 heteroatoms. The first-order valence-corrected chi connectivity index (χ1v) is 10.0. The fourth-order valence-electron chi connectivity index (χ4n) is 2.61. The van der Waals surface area contributed by atoms with E-state index in [0.717, 1.165) is 35.9 Å². The number of amides is 1. The molecule has 0 bridgehead atoms. The molecule has 5 nitrogen and oxygen atoms in total. The Hall–Kier alpha value is -1.41. The van der Waals surface area contributed by atoms with Gasteiger partial charge in [-0.05, 0) is 24.1 Å². The zero-order valence-electron chi connectivity index (χ0n) is 13.7. The minimum absolute atomic E-state index is 0.180. The fraction of sp³-hybridized carbons (Fsp3) is 0.412. The monoisotopic (exact) mass is 362 g/mol. The van der Waals surface area contributed by atoms with E-state index < -0.39 is 0 Å². The first-order valence-electron chi connectivity index (χ1n) is 8.01. The topological polar surface area (TPSA) is 71.2 Å². The van der Waals surface area contributed by atoms with Crippen LogP contribution in [0.15, 0.2) is 23.6 Å². The number of carbonyl (C=O) groups excluding carboxylic acids is 1. The zero-order chi connectivity index (χ0) is 16.9. The molecule has 1 fully saturated rings. The third kappa shape index (κ3) is 4.36. The number of rotatable bonds is 5. The second-order valence-corrected chi connectivity index (χ2v) is 7.99. The molecular weight excluding hydrogens is 340 g/mol. The first kappa shape index (κ1) is 17.4. The van der Waals surface area contributed by atoms with Gasteiger partial charge in [0.15, 0.2) is 0 Å². The van der Waals surface area contributed by atoms with Crippen LogP contribution in [0.2, 0.25) is 0 Å². The SMILES string of the molecule is Cc1ccc(CN2CCSCC2)cc1NC(=O)c1csc(CN)n1. The lowest BCUT2D eigenvalue weighted by molar-refractivity contribution is 0.102. The summed E-state index contributed by atoms with van der Waals surface area (Å²) in [5.41, 5.74) is 9.12. The Morgan fingerprint density at radius 3 is 2.88 bits per heavy atom. The van der Waals surface area contributed by atoms with Crippen LogP contribution >= 0.6 is 23.1 Å². The van der Waals surface area contributed by atoms with Gasteiger partial charge in [-0.15, -0.1) is 11.3 Å². The summed E-state index contributed by atoms with van der Waals surface area (Å²) in [5, 5.41) is 5.51. The van der Waals surface area contributed by atoms with Crippen molar-refractivity contribution in [2.24, 2.45) is 5.73 Å². The largest absolute Gasteiger partial charge is 0.325 e. The third-order valence-corrected chi connectivity index (χ3v) is 5.83. The van der Waals surface area contributed by atoms with Crippen molar-refractivity contribution in [1.29, 1.82) is 0 Å². The quantitative estimate of drug-likeness (QED) is 0.856. The average molecular weight is 363 g/mol. The van der Waals surface area contributed by atoms with E-state index >= 15 is 0 Å². The van der Waals surface area contributed by atoms with E-state index in [9.17, 15) is 4.79 Å². The Morgan fingerprint density at radius 2 is 2.17 bits per heavy atom. The molecule has 1 aromatic carbocycles. The molecule has 0 radical (unpaired) electrons. The number of hydrogen-bond donors (Lipinski definition) is 2. The van der Waals surface area contributed by atoms with Gasteiger partial charge in [-0.25, -0.2) is 4.98 Å². The number of aryl methyl sites for hydroxylation is 1. The number of nitrogens with one attached hydrogen (secondary N) is 1. The fourth-order valence-corrected chi connectivity index (χ4v) is 4.25. The van der Waals surface area contributed by atoms with E-state index in [2.05, 4.69) is 33.4 Å². The van der Waals surface area contributed by atoms with Gasteiger partial charge in [0.2, 0.25) is 0 Å². The van der Waals surface area contributed by atoms with Crippen LogP contribution in [0.4, 0.5) is 5.69 Å². The third-order valence-electron chi connectivity index (χ3n) is 4.02. The number of thiazole rings is 1. The lowest BCUT2D eigenvalue weighted by atomic mass is 10.1. The molecule has 3 N–H and O–H groups in total. The van der Waals surface area contributed by atoms with Crippen molar-refractivity contribution in [3.8, 4) is 0 Å². The van der Waals surface area contributed by atoms with Crippen LogP contribution in [-0.2, 0) is 13.1 Å². The van der Waals surface area contributed by atoms with Crippen molar-refractivity contribution in [3.63, 3.8) is 0 Å². The van der Waals surface area contributed by atoms with E-state index in [1.54, 1.807) is 5.38 Å². The Kier molecular flexibility index (Phi) is 5.89. The van der Waals surface area contributed by atoms with Crippen molar-refractivity contribution in [1.82, 2.24) is 9.88 Å². The highest BCUT2D eigenvalue weighted by atomic mass is 32.2. The van der Waals surface area contributed by atoms with Gasteiger partial charge in [0.1, 0.15) is 10.7 Å². The summed E-state index contributed by atoms with van der Waals surface area (Å²) in [7, 11) is 0. The van der Waals surface area contributed by atoms with Gasteiger partial charge in [0, 0.05) is 48.8 Å². The summed E-state index contributed by atoms with van der Waals surface area (Å²) in [6.07, 6.45) is 0. The molecule has 0 spiro atoms. The molecule has 2 aromatic rings. The van der Waals surface area contributed by atoms with Crippen LogP contribution in [0, 0.1) is 6.92 Å². The lowest BCUT2D eigenvalue weighted by Gasteiger charge is -2.26. The number of thioether (sulfide) groups is 1. The Morgan fingerprint density at radius 1 is 1.38 bits per heavy atom. The maximum absolute atomic E-state index is 12.4. The molecule has 1 amide bonds. The van der Waals surface area contributed by atoms with Gasteiger partial charge in [0.25, 0.3) is 5.91 Å². The zero-order valence-corrected chi connectivity index (χ0v) is 15.4. The van der Waals surface area contributed by atoms with Gasteiger partial charge in [0.05, 0.1) is 0 Å². The number of carbonyl (C=O) groups is 1. The van der Waals surface area contributed by atoms with E-state index in [1.165, 1.54) is 28.4 Å². The normalized spacial score (nSPS) is 15.4. The van der Waals surface area contributed by atoms with Gasteiger partial charge in [-0.3, -0.25) is 9.69 Å². The highest BCUT2D eigenvalue weighted by Gasteiger charge is 2.14. The van der Waals surface area contributed by atoms with Crippen molar-refractivity contribution < 1.29 is 4.79 Å². The molecule has 1 aromatic heterocycles. The minimum atomic E-state index is -0.180. The summed E-state index contributed by atoms with van der Waals surface area (Å²) in [6, 6.07) is 6.28. The molecule has 0 aliphatic carbocycles. The van der Waals surface area contributed by atoms with E-state index in [4.69, 9.17) is 5.73 Å². The van der Waals surface area contributed by atoms with Crippen molar-refractivity contribution in [2.75, 3.05) is 29.9 Å². The summed E-state index contributed by atoms with van der Waals surface area (Å²) >= 11 is 3.42. The van der Waals surface area contributed by atoms with Crippen molar-refractivity contribution in [2.45, 2.75) is 20.0 Å². The van der Waals surface area contributed by atoms with Crippen molar-refractivity contribution >= 4 is 34.7 Å². The summed E-state index contributed by atoms with van der Waals surface area (Å²) in [6.45, 7) is 5.55. The van der Waals surface area contributed by atoms with Crippen LogP contribution < -0.4 is 11.1 Å². The summed E-state index contributed by atoms with van der Waals surface area (Å²) < 4.78 is 0. The van der Waals surface area contributed by atoms with Crippen LogP contribution in [0.3, 0.4) is 0 Å². The Bertz CT molecular complexity index is 710. The molecule has 128 valence electrons. The molecule has 2 heterocycles. The Labute approximate surface area is 150 Å². The second-order valence-electron chi connectivity index (χ2n) is 5.82. The van der Waals surface area contributed by atoms with Crippen LogP contribution in [0.25, 0.3) is 0 Å². The van der Waals surface area contributed by atoms with E-state index in [1.807, 2.05) is 18.7 Å². The molecule has 3 rings (SSSR count). The van der Waals surface area contributed by atoms with Gasteiger partial charge in [-0.2, -0.15) is 11.8 Å². The molecular formula is C17H22N4OS2. The highest BCUT2D eigenvalue weighted by molar-refractivity contribution is 7.99. The molecule has 0 saturated carbocycles. The summed E-state index contributed by atoms with van der Waals surface area (Å²) in [4.78, 5) is 19.1. The van der Waals surface area contributed by atoms with Crippen LogP contribution in [0.1, 0.15) is 26.6 Å². The number of aromatic nitrogens is 1. The molecule has 1 saturated heterocycles. The molecule has 1 aliphatic rings. The number of benzene rings is 1. The van der Waals surface area contributed by atoms with Gasteiger partial charge >= 0.3 is 0 Å². The molecule has 24 heavy (non-hydrogen) atoms. The predicted octanol–water partition coefficient (Wildman–Crippen LogP) is 2.71. The second kappa shape index (κ2) is 8.11. The number of nitrogens with zero attached hydrogens (tertiary/aromatic N) is 2. The standard InChI is InChI=1S/C17H22N4OS2/c1-12-2-3-13(10-21-4-6-23-7-5-21)8-14(12)20-17(22)15-11-24-16(9-18)19-15/h2-3,8,11H,4-7,9-10,18H2,1H3,(H,20,22). The average Bonchev–Trinajstić information content (AvgIpc) is 3.08. The lowest BCUT2D eigenvalue weighted by Crippen LogP contribution is -2.32. The smallest absolute Gasteiger partial charge is 0.275 e. The predicted molar refractivity (Wildman–Crippen MR) is 102 cm³/mol. The maximum atomic E-state index is 12.4. The van der Waals surface area contributed by atoms with Gasteiger partial charge < -0.3 is 11.1 Å².